The fourth-order valence-electron chi connectivity index (χ4n) is 3.85. The molecule has 0 radical (unpaired) electrons. The molecule has 0 aromatic heterocycles. The van der Waals surface area contributed by atoms with E-state index in [0.717, 1.165) is 45.4 Å². The van der Waals surface area contributed by atoms with Crippen molar-refractivity contribution in [3.05, 3.63) is 54.1 Å². The van der Waals surface area contributed by atoms with Crippen molar-refractivity contribution in [3.63, 3.8) is 0 Å². The molecule has 8 nitrogen and oxygen atoms in total. The van der Waals surface area contributed by atoms with E-state index >= 15 is 0 Å². The first-order chi connectivity index (χ1) is 14.7. The Balaban J connectivity index is 1.52. The van der Waals surface area contributed by atoms with Gasteiger partial charge in [-0.1, -0.05) is 24.3 Å². The van der Waals surface area contributed by atoms with Gasteiger partial charge in [0.15, 0.2) is 9.84 Å². The van der Waals surface area contributed by atoms with E-state index in [4.69, 9.17) is 5.73 Å². The van der Waals surface area contributed by atoms with Gasteiger partial charge in [0.2, 0.25) is 0 Å². The number of rotatable bonds is 8. The van der Waals surface area contributed by atoms with Gasteiger partial charge in [-0.25, -0.2) is 13.2 Å². The zero-order chi connectivity index (χ0) is 22.4. The third kappa shape index (κ3) is 6.43. The van der Waals surface area contributed by atoms with Crippen LogP contribution >= 0.6 is 0 Å². The van der Waals surface area contributed by atoms with Crippen LogP contribution in [0.4, 0.5) is 16.2 Å². The fraction of sp³-hybridized carbons (Fsp3) is 0.409. The summed E-state index contributed by atoms with van der Waals surface area (Å²) in [5.74, 6) is 0. The highest BCUT2D eigenvalue weighted by molar-refractivity contribution is 7.90. The van der Waals surface area contributed by atoms with Gasteiger partial charge in [0.1, 0.15) is 0 Å². The Morgan fingerprint density at radius 2 is 1.81 bits per heavy atom. The maximum atomic E-state index is 11.9. The number of para-hydroxylation sites is 1. The normalized spacial score (nSPS) is 16.1. The van der Waals surface area contributed by atoms with E-state index in [-0.39, 0.29) is 10.6 Å². The lowest BCUT2D eigenvalue weighted by atomic mass is 10.0. The molecule has 2 aromatic rings. The number of hydrogen-bond donors (Lipinski definition) is 3. The number of hydrogen-bond acceptors (Lipinski definition) is 6. The second kappa shape index (κ2) is 10.1. The molecule has 4 N–H and O–H groups in total. The molecule has 1 heterocycles. The van der Waals surface area contributed by atoms with Crippen LogP contribution in [-0.4, -0.2) is 63.4 Å². The lowest BCUT2D eigenvalue weighted by Gasteiger charge is -2.36. The average molecular weight is 447 g/mol. The second-order valence-electron chi connectivity index (χ2n) is 7.84. The van der Waals surface area contributed by atoms with Crippen molar-refractivity contribution >= 4 is 27.2 Å². The topological polar surface area (TPSA) is 116 Å². The number of benzene rings is 2. The van der Waals surface area contributed by atoms with Crippen molar-refractivity contribution in [1.82, 2.24) is 4.90 Å². The Bertz CT molecular complexity index is 990. The number of aliphatic hydroxyl groups excluding tert-OH is 1. The van der Waals surface area contributed by atoms with Gasteiger partial charge in [-0.15, -0.1) is 0 Å². The van der Waals surface area contributed by atoms with Crippen molar-refractivity contribution < 1.29 is 18.3 Å². The minimum absolute atomic E-state index is 0.0291. The van der Waals surface area contributed by atoms with E-state index < -0.39 is 22.0 Å². The number of nitrogens with two attached hydrogens (primary N) is 1. The van der Waals surface area contributed by atoms with E-state index in [9.17, 15) is 18.3 Å². The first-order valence-electron chi connectivity index (χ1n) is 10.3. The molecule has 1 unspecified atom stereocenters. The maximum absolute atomic E-state index is 11.9. The average Bonchev–Trinajstić information content (AvgIpc) is 2.73. The van der Waals surface area contributed by atoms with Crippen LogP contribution in [0.1, 0.15) is 24.5 Å². The quantitative estimate of drug-likeness (QED) is 0.573. The summed E-state index contributed by atoms with van der Waals surface area (Å²) >= 11 is 0. The summed E-state index contributed by atoms with van der Waals surface area (Å²) in [6.45, 7) is 4.78. The van der Waals surface area contributed by atoms with Gasteiger partial charge >= 0.3 is 6.03 Å². The van der Waals surface area contributed by atoms with Crippen molar-refractivity contribution in [2.75, 3.05) is 49.2 Å². The maximum Gasteiger partial charge on any atom is 0.316 e. The standard InChI is InChI=1S/C22H30N4O4S/c1-31(29,30)21-10-9-17(16-19(21)24-22(23)28)20(27)8-5-11-25-12-14-26(15-13-25)18-6-3-2-4-7-18/h2-4,6-7,9-10,16,20,27H,5,8,11-15H2,1H3,(H3,23,24,28). The summed E-state index contributed by atoms with van der Waals surface area (Å²) in [7, 11) is -3.54. The largest absolute Gasteiger partial charge is 0.388 e. The minimum atomic E-state index is -3.54. The first kappa shape index (κ1) is 23.1. The molecule has 0 saturated carbocycles. The molecule has 0 bridgehead atoms. The number of anilines is 2. The van der Waals surface area contributed by atoms with Gasteiger partial charge in [-0.3, -0.25) is 4.90 Å². The zero-order valence-electron chi connectivity index (χ0n) is 17.7. The SMILES string of the molecule is CS(=O)(=O)c1ccc(C(O)CCCN2CCN(c3ccccc3)CC2)cc1NC(N)=O. The minimum Gasteiger partial charge on any atom is -0.388 e. The molecule has 2 aromatic carbocycles. The van der Waals surface area contributed by atoms with Gasteiger partial charge in [0.25, 0.3) is 0 Å². The Labute approximate surface area is 183 Å². The molecule has 0 aliphatic carbocycles. The van der Waals surface area contributed by atoms with E-state index in [1.54, 1.807) is 6.07 Å². The summed E-state index contributed by atoms with van der Waals surface area (Å²) in [5, 5.41) is 12.9. The Morgan fingerprint density at radius 1 is 1.13 bits per heavy atom. The number of amides is 2. The molecule has 1 fully saturated rings. The number of carbonyl (C=O) groups excluding carboxylic acids is 1. The van der Waals surface area contributed by atoms with Crippen LogP contribution in [0, 0.1) is 0 Å². The summed E-state index contributed by atoms with van der Waals surface area (Å²) < 4.78 is 23.8. The van der Waals surface area contributed by atoms with Crippen LogP contribution in [0.3, 0.4) is 0 Å². The number of urea groups is 1. The second-order valence-corrected chi connectivity index (χ2v) is 9.82. The van der Waals surface area contributed by atoms with Crippen LogP contribution in [0.15, 0.2) is 53.4 Å². The fourth-order valence-corrected chi connectivity index (χ4v) is 4.68. The number of aliphatic hydroxyl groups is 1. The molecule has 1 atom stereocenters. The van der Waals surface area contributed by atoms with Crippen LogP contribution in [0.5, 0.6) is 0 Å². The van der Waals surface area contributed by atoms with Crippen molar-refractivity contribution in [2.45, 2.75) is 23.8 Å². The summed E-state index contributed by atoms with van der Waals surface area (Å²) in [4.78, 5) is 16.0. The van der Waals surface area contributed by atoms with E-state index in [1.165, 1.54) is 17.8 Å². The Hall–Kier alpha value is -2.62. The Morgan fingerprint density at radius 3 is 2.42 bits per heavy atom. The molecule has 168 valence electrons. The van der Waals surface area contributed by atoms with E-state index in [1.807, 2.05) is 6.07 Å². The highest BCUT2D eigenvalue weighted by Gasteiger charge is 2.19. The van der Waals surface area contributed by atoms with E-state index in [0.29, 0.717) is 12.0 Å². The summed E-state index contributed by atoms with van der Waals surface area (Å²) in [5.41, 5.74) is 7.03. The number of sulfone groups is 1. The summed E-state index contributed by atoms with van der Waals surface area (Å²) in [6, 6.07) is 14.0. The molecule has 1 saturated heterocycles. The molecule has 3 rings (SSSR count). The first-order valence-corrected chi connectivity index (χ1v) is 12.2. The highest BCUT2D eigenvalue weighted by atomic mass is 32.2. The van der Waals surface area contributed by atoms with Crippen molar-refractivity contribution in [3.8, 4) is 0 Å². The number of nitrogens with zero attached hydrogens (tertiary/aromatic N) is 2. The van der Waals surface area contributed by atoms with Gasteiger partial charge < -0.3 is 21.1 Å². The van der Waals surface area contributed by atoms with Gasteiger partial charge in [0.05, 0.1) is 16.7 Å². The molecule has 2 amide bonds. The molecule has 31 heavy (non-hydrogen) atoms. The molecular weight excluding hydrogens is 416 g/mol. The smallest absolute Gasteiger partial charge is 0.316 e. The predicted molar refractivity (Wildman–Crippen MR) is 122 cm³/mol. The molecule has 1 aliphatic rings. The third-order valence-corrected chi connectivity index (χ3v) is 6.65. The van der Waals surface area contributed by atoms with Crippen molar-refractivity contribution in [1.29, 1.82) is 0 Å². The summed E-state index contributed by atoms with van der Waals surface area (Å²) in [6.07, 6.45) is 1.64. The number of nitrogens with one attached hydrogen (secondary N) is 1. The number of primary amides is 1. The molecule has 0 spiro atoms. The molecular formula is C22H30N4O4S. The zero-order valence-corrected chi connectivity index (χ0v) is 18.5. The van der Waals surface area contributed by atoms with Crippen LogP contribution in [-0.2, 0) is 9.84 Å². The van der Waals surface area contributed by atoms with E-state index in [2.05, 4.69) is 39.4 Å². The van der Waals surface area contributed by atoms with Crippen LogP contribution < -0.4 is 16.0 Å². The lowest BCUT2D eigenvalue weighted by Crippen LogP contribution is -2.46. The third-order valence-electron chi connectivity index (χ3n) is 5.49. The lowest BCUT2D eigenvalue weighted by molar-refractivity contribution is 0.154. The van der Waals surface area contributed by atoms with Gasteiger partial charge in [-0.05, 0) is 49.2 Å². The van der Waals surface area contributed by atoms with Gasteiger partial charge in [0, 0.05) is 38.1 Å². The highest BCUT2D eigenvalue weighted by Crippen LogP contribution is 2.28. The predicted octanol–water partition coefficient (Wildman–Crippen LogP) is 2.22. The Kier molecular flexibility index (Phi) is 7.53. The van der Waals surface area contributed by atoms with Crippen LogP contribution in [0.25, 0.3) is 0 Å². The number of piperazine rings is 1. The monoisotopic (exact) mass is 446 g/mol. The number of carbonyl (C=O) groups is 1. The van der Waals surface area contributed by atoms with Crippen LogP contribution in [0.2, 0.25) is 0 Å². The molecule has 9 heteroatoms. The van der Waals surface area contributed by atoms with Gasteiger partial charge in [-0.2, -0.15) is 0 Å². The molecule has 1 aliphatic heterocycles. The van der Waals surface area contributed by atoms with Crippen molar-refractivity contribution in [2.24, 2.45) is 5.73 Å².